The van der Waals surface area contributed by atoms with Crippen LogP contribution in [-0.4, -0.2) is 29.0 Å². The number of rotatable bonds is 5. The molecular formula is C16H14ClN3O2. The molecule has 0 saturated carbocycles. The van der Waals surface area contributed by atoms with Crippen LogP contribution in [0.25, 0.3) is 11.0 Å². The van der Waals surface area contributed by atoms with Crippen LogP contribution >= 0.6 is 11.6 Å². The molecule has 0 radical (unpaired) electrons. The fraction of sp³-hybridized carbons (Fsp3) is 0.125. The zero-order chi connectivity index (χ0) is 15.4. The Morgan fingerprint density at radius 3 is 2.86 bits per heavy atom. The molecule has 0 unspecified atom stereocenters. The molecule has 1 aromatic heterocycles. The number of carbonyl (C=O) groups is 1. The molecule has 6 heteroatoms. The molecule has 1 heterocycles. The Morgan fingerprint density at radius 1 is 1.23 bits per heavy atom. The van der Waals surface area contributed by atoms with Crippen molar-refractivity contribution in [1.29, 1.82) is 0 Å². The second-order valence-electron chi connectivity index (χ2n) is 4.69. The van der Waals surface area contributed by atoms with Gasteiger partial charge in [0.2, 0.25) is 0 Å². The molecule has 0 aliphatic heterocycles. The van der Waals surface area contributed by atoms with Gasteiger partial charge in [0, 0.05) is 10.6 Å². The molecule has 22 heavy (non-hydrogen) atoms. The Balaban J connectivity index is 1.50. The van der Waals surface area contributed by atoms with E-state index < -0.39 is 0 Å². The Labute approximate surface area is 132 Å². The van der Waals surface area contributed by atoms with Crippen molar-refractivity contribution in [2.75, 3.05) is 13.2 Å². The SMILES string of the molecule is O=C(NCCOc1ccc(Cl)cc1)c1ccc2nc[nH]c2c1. The van der Waals surface area contributed by atoms with Gasteiger partial charge < -0.3 is 15.0 Å². The van der Waals surface area contributed by atoms with Crippen molar-refractivity contribution in [3.8, 4) is 5.75 Å². The van der Waals surface area contributed by atoms with Crippen molar-refractivity contribution in [2.24, 2.45) is 0 Å². The van der Waals surface area contributed by atoms with Crippen LogP contribution in [-0.2, 0) is 0 Å². The minimum absolute atomic E-state index is 0.142. The highest BCUT2D eigenvalue weighted by molar-refractivity contribution is 6.30. The normalized spacial score (nSPS) is 10.6. The van der Waals surface area contributed by atoms with Crippen LogP contribution in [0.3, 0.4) is 0 Å². The highest BCUT2D eigenvalue weighted by atomic mass is 35.5. The van der Waals surface area contributed by atoms with Crippen LogP contribution in [0.4, 0.5) is 0 Å². The fourth-order valence-electron chi connectivity index (χ4n) is 2.04. The molecule has 0 saturated heterocycles. The molecule has 0 aliphatic carbocycles. The smallest absolute Gasteiger partial charge is 0.251 e. The predicted molar refractivity (Wildman–Crippen MR) is 85.4 cm³/mol. The van der Waals surface area contributed by atoms with Crippen molar-refractivity contribution in [3.63, 3.8) is 0 Å². The van der Waals surface area contributed by atoms with Gasteiger partial charge in [-0.05, 0) is 42.5 Å². The van der Waals surface area contributed by atoms with Gasteiger partial charge in [-0.3, -0.25) is 4.79 Å². The number of H-pyrrole nitrogens is 1. The summed E-state index contributed by atoms with van der Waals surface area (Å²) in [4.78, 5) is 19.1. The number of hydrogen-bond acceptors (Lipinski definition) is 3. The van der Waals surface area contributed by atoms with Gasteiger partial charge >= 0.3 is 0 Å². The summed E-state index contributed by atoms with van der Waals surface area (Å²) in [6.45, 7) is 0.808. The van der Waals surface area contributed by atoms with E-state index in [1.807, 2.05) is 6.07 Å². The van der Waals surface area contributed by atoms with Gasteiger partial charge in [-0.2, -0.15) is 0 Å². The molecule has 0 fully saturated rings. The summed E-state index contributed by atoms with van der Waals surface area (Å²) in [6, 6.07) is 12.4. The summed E-state index contributed by atoms with van der Waals surface area (Å²) in [5.41, 5.74) is 2.26. The number of hydrogen-bond donors (Lipinski definition) is 2. The number of carbonyl (C=O) groups excluding carboxylic acids is 1. The van der Waals surface area contributed by atoms with E-state index in [9.17, 15) is 4.79 Å². The average Bonchev–Trinajstić information content (AvgIpc) is 3.00. The number of ether oxygens (including phenoxy) is 1. The number of halogens is 1. The number of nitrogens with one attached hydrogen (secondary N) is 2. The van der Waals surface area contributed by atoms with Gasteiger partial charge in [-0.1, -0.05) is 11.6 Å². The van der Waals surface area contributed by atoms with E-state index >= 15 is 0 Å². The maximum atomic E-state index is 12.0. The molecule has 2 N–H and O–H groups in total. The first-order valence-corrected chi connectivity index (χ1v) is 7.20. The minimum atomic E-state index is -0.142. The van der Waals surface area contributed by atoms with E-state index in [1.165, 1.54) is 0 Å². The number of benzene rings is 2. The molecule has 5 nitrogen and oxygen atoms in total. The average molecular weight is 316 g/mol. The number of fused-ring (bicyclic) bond motifs is 1. The summed E-state index contributed by atoms with van der Waals surface area (Å²) in [7, 11) is 0. The van der Waals surface area contributed by atoms with E-state index in [0.29, 0.717) is 23.7 Å². The largest absolute Gasteiger partial charge is 0.492 e. The maximum absolute atomic E-state index is 12.0. The molecule has 1 amide bonds. The molecule has 0 atom stereocenters. The molecular weight excluding hydrogens is 302 g/mol. The summed E-state index contributed by atoms with van der Waals surface area (Å²) in [5, 5.41) is 3.48. The van der Waals surface area contributed by atoms with Crippen LogP contribution in [0.5, 0.6) is 5.75 Å². The van der Waals surface area contributed by atoms with Gasteiger partial charge in [0.05, 0.1) is 23.9 Å². The second kappa shape index (κ2) is 6.49. The Morgan fingerprint density at radius 2 is 2.05 bits per heavy atom. The number of aromatic amines is 1. The third kappa shape index (κ3) is 3.38. The third-order valence-corrected chi connectivity index (χ3v) is 3.40. The van der Waals surface area contributed by atoms with Crippen LogP contribution in [0.2, 0.25) is 5.02 Å². The zero-order valence-electron chi connectivity index (χ0n) is 11.7. The van der Waals surface area contributed by atoms with Crippen LogP contribution < -0.4 is 10.1 Å². The van der Waals surface area contributed by atoms with Gasteiger partial charge in [-0.15, -0.1) is 0 Å². The van der Waals surface area contributed by atoms with Crippen molar-refractivity contribution < 1.29 is 9.53 Å². The van der Waals surface area contributed by atoms with Gasteiger partial charge in [-0.25, -0.2) is 4.98 Å². The first-order valence-electron chi connectivity index (χ1n) is 6.82. The van der Waals surface area contributed by atoms with Crippen molar-refractivity contribution >= 4 is 28.5 Å². The van der Waals surface area contributed by atoms with Gasteiger partial charge in [0.25, 0.3) is 5.91 Å². The van der Waals surface area contributed by atoms with E-state index in [-0.39, 0.29) is 5.91 Å². The topological polar surface area (TPSA) is 67.0 Å². The van der Waals surface area contributed by atoms with E-state index in [0.717, 1.165) is 16.8 Å². The van der Waals surface area contributed by atoms with Crippen LogP contribution in [0.15, 0.2) is 48.8 Å². The van der Waals surface area contributed by atoms with E-state index in [4.69, 9.17) is 16.3 Å². The lowest BCUT2D eigenvalue weighted by atomic mass is 10.2. The van der Waals surface area contributed by atoms with Gasteiger partial charge in [0.15, 0.2) is 0 Å². The van der Waals surface area contributed by atoms with E-state index in [2.05, 4.69) is 15.3 Å². The summed E-state index contributed by atoms with van der Waals surface area (Å²) in [5.74, 6) is 0.578. The minimum Gasteiger partial charge on any atom is -0.492 e. The first kappa shape index (κ1) is 14.4. The molecule has 3 rings (SSSR count). The Hall–Kier alpha value is -2.53. The highest BCUT2D eigenvalue weighted by Crippen LogP contribution is 2.15. The lowest BCUT2D eigenvalue weighted by Gasteiger charge is -2.08. The molecule has 3 aromatic rings. The van der Waals surface area contributed by atoms with E-state index in [1.54, 1.807) is 42.7 Å². The lowest BCUT2D eigenvalue weighted by molar-refractivity contribution is 0.0947. The summed E-state index contributed by atoms with van der Waals surface area (Å²) < 4.78 is 5.52. The molecule has 0 aliphatic rings. The molecule has 0 bridgehead atoms. The quantitative estimate of drug-likeness (QED) is 0.711. The standard InChI is InChI=1S/C16H14ClN3O2/c17-12-2-4-13(5-3-12)22-8-7-18-16(21)11-1-6-14-15(9-11)20-10-19-14/h1-6,9-10H,7-8H2,(H,18,21)(H,19,20). The first-order chi connectivity index (χ1) is 10.7. The van der Waals surface area contributed by atoms with Crippen molar-refractivity contribution in [1.82, 2.24) is 15.3 Å². The number of aromatic nitrogens is 2. The maximum Gasteiger partial charge on any atom is 0.251 e. The van der Waals surface area contributed by atoms with Crippen LogP contribution in [0, 0.1) is 0 Å². The van der Waals surface area contributed by atoms with Crippen molar-refractivity contribution in [2.45, 2.75) is 0 Å². The monoisotopic (exact) mass is 315 g/mol. The summed E-state index contributed by atoms with van der Waals surface area (Å²) in [6.07, 6.45) is 1.60. The number of nitrogens with zero attached hydrogens (tertiary/aromatic N) is 1. The molecule has 2 aromatic carbocycles. The summed E-state index contributed by atoms with van der Waals surface area (Å²) >= 11 is 5.80. The Kier molecular flexibility index (Phi) is 4.25. The number of amides is 1. The van der Waals surface area contributed by atoms with Gasteiger partial charge in [0.1, 0.15) is 12.4 Å². The van der Waals surface area contributed by atoms with Crippen molar-refractivity contribution in [3.05, 3.63) is 59.4 Å². The molecule has 112 valence electrons. The van der Waals surface area contributed by atoms with Crippen LogP contribution in [0.1, 0.15) is 10.4 Å². The second-order valence-corrected chi connectivity index (χ2v) is 5.13. The lowest BCUT2D eigenvalue weighted by Crippen LogP contribution is -2.28. The zero-order valence-corrected chi connectivity index (χ0v) is 12.4. The highest BCUT2D eigenvalue weighted by Gasteiger charge is 2.06. The fourth-order valence-corrected chi connectivity index (χ4v) is 2.17. The molecule has 0 spiro atoms. The Bertz CT molecular complexity index is 783. The third-order valence-electron chi connectivity index (χ3n) is 3.15. The predicted octanol–water partition coefficient (Wildman–Crippen LogP) is 3.03. The number of imidazole rings is 1.